The number of hydrazone groups is 1. The van der Waals surface area contributed by atoms with Crippen LogP contribution in [-0.4, -0.2) is 26.8 Å². The highest BCUT2D eigenvalue weighted by Gasteiger charge is 2.21. The standard InChI is InChI=1S/C23H26N4O3/c1-2-3-4-5-10-15-27-19-13-7-6-12-18(19)21(28)20(23(27)30)22(29)26-25-16-17-11-8-9-14-24-17/h6-9,11-14,16,28H,2-5,10,15H2,1H3,(H,26,29)/b25-16-. The Labute approximate surface area is 175 Å². The van der Waals surface area contributed by atoms with E-state index in [4.69, 9.17) is 0 Å². The van der Waals surface area contributed by atoms with Gasteiger partial charge in [0, 0.05) is 18.1 Å². The van der Waals surface area contributed by atoms with E-state index in [0.29, 0.717) is 23.1 Å². The zero-order valence-electron chi connectivity index (χ0n) is 17.0. The van der Waals surface area contributed by atoms with E-state index in [9.17, 15) is 14.7 Å². The maximum Gasteiger partial charge on any atom is 0.280 e. The Morgan fingerprint density at radius 2 is 1.90 bits per heavy atom. The minimum Gasteiger partial charge on any atom is -0.506 e. The van der Waals surface area contributed by atoms with Crippen molar-refractivity contribution in [3.8, 4) is 5.75 Å². The molecule has 2 heterocycles. The summed E-state index contributed by atoms with van der Waals surface area (Å²) in [6.07, 6.45) is 8.23. The summed E-state index contributed by atoms with van der Waals surface area (Å²) in [5.41, 5.74) is 2.67. The first-order chi connectivity index (χ1) is 14.6. The summed E-state index contributed by atoms with van der Waals surface area (Å²) in [5.74, 6) is -1.08. The van der Waals surface area contributed by atoms with Crippen molar-refractivity contribution in [1.82, 2.24) is 15.0 Å². The zero-order valence-corrected chi connectivity index (χ0v) is 17.0. The van der Waals surface area contributed by atoms with E-state index in [1.165, 1.54) is 6.21 Å². The van der Waals surface area contributed by atoms with Crippen LogP contribution < -0.4 is 11.0 Å². The summed E-state index contributed by atoms with van der Waals surface area (Å²) in [6, 6.07) is 12.4. The molecule has 3 rings (SSSR count). The molecular weight excluding hydrogens is 380 g/mol. The molecule has 3 aromatic rings. The lowest BCUT2D eigenvalue weighted by Crippen LogP contribution is -2.31. The molecule has 0 aliphatic carbocycles. The summed E-state index contributed by atoms with van der Waals surface area (Å²) >= 11 is 0. The summed E-state index contributed by atoms with van der Waals surface area (Å²) in [5, 5.41) is 15.0. The molecule has 1 aromatic carbocycles. The van der Waals surface area contributed by atoms with Gasteiger partial charge < -0.3 is 9.67 Å². The fourth-order valence-corrected chi connectivity index (χ4v) is 3.35. The molecule has 0 unspecified atom stereocenters. The molecule has 0 atom stereocenters. The van der Waals surface area contributed by atoms with Crippen molar-refractivity contribution in [3.63, 3.8) is 0 Å². The number of pyridine rings is 2. The Morgan fingerprint density at radius 1 is 1.13 bits per heavy atom. The lowest BCUT2D eigenvalue weighted by atomic mass is 10.1. The molecule has 0 aliphatic rings. The smallest absolute Gasteiger partial charge is 0.280 e. The number of amides is 1. The Balaban J connectivity index is 1.88. The molecule has 2 N–H and O–H groups in total. The lowest BCUT2D eigenvalue weighted by molar-refractivity contribution is 0.0950. The van der Waals surface area contributed by atoms with Crippen molar-refractivity contribution in [2.24, 2.45) is 5.10 Å². The molecule has 7 heteroatoms. The van der Waals surface area contributed by atoms with Gasteiger partial charge >= 0.3 is 0 Å². The number of para-hydroxylation sites is 1. The molecule has 0 aliphatic heterocycles. The third kappa shape index (κ3) is 4.92. The topological polar surface area (TPSA) is 96.6 Å². The summed E-state index contributed by atoms with van der Waals surface area (Å²) in [6.45, 7) is 2.64. The molecule has 0 spiro atoms. The van der Waals surface area contributed by atoms with Crippen molar-refractivity contribution in [3.05, 3.63) is 70.3 Å². The third-order valence-electron chi connectivity index (χ3n) is 4.91. The van der Waals surface area contributed by atoms with Crippen LogP contribution in [0.3, 0.4) is 0 Å². The highest BCUT2D eigenvalue weighted by atomic mass is 16.3. The van der Waals surface area contributed by atoms with Crippen LogP contribution in [0.15, 0.2) is 58.6 Å². The average molecular weight is 406 g/mol. The van der Waals surface area contributed by atoms with Gasteiger partial charge in [-0.3, -0.25) is 14.6 Å². The van der Waals surface area contributed by atoms with E-state index in [1.807, 2.05) is 6.07 Å². The number of aromatic nitrogens is 2. The van der Waals surface area contributed by atoms with Crippen molar-refractivity contribution in [2.75, 3.05) is 0 Å². The first-order valence-electron chi connectivity index (χ1n) is 10.2. The number of aryl methyl sites for hydroxylation is 1. The van der Waals surface area contributed by atoms with Gasteiger partial charge in [0.25, 0.3) is 11.5 Å². The second-order valence-corrected chi connectivity index (χ2v) is 7.07. The van der Waals surface area contributed by atoms with Crippen LogP contribution in [0.1, 0.15) is 55.1 Å². The molecule has 156 valence electrons. The molecule has 0 saturated heterocycles. The fourth-order valence-electron chi connectivity index (χ4n) is 3.35. The van der Waals surface area contributed by atoms with E-state index in [2.05, 4.69) is 22.4 Å². The van der Waals surface area contributed by atoms with Crippen molar-refractivity contribution in [1.29, 1.82) is 0 Å². The second kappa shape index (κ2) is 10.3. The highest BCUT2D eigenvalue weighted by Crippen LogP contribution is 2.26. The van der Waals surface area contributed by atoms with Crippen LogP contribution in [0.5, 0.6) is 5.75 Å². The number of hydrogen-bond donors (Lipinski definition) is 2. The van der Waals surface area contributed by atoms with Gasteiger partial charge in [-0.15, -0.1) is 0 Å². The maximum atomic E-state index is 13.1. The van der Waals surface area contributed by atoms with Crippen LogP contribution in [-0.2, 0) is 6.54 Å². The van der Waals surface area contributed by atoms with E-state index >= 15 is 0 Å². The Hall–Kier alpha value is -3.48. The molecule has 0 radical (unpaired) electrons. The van der Waals surface area contributed by atoms with E-state index < -0.39 is 11.5 Å². The van der Waals surface area contributed by atoms with E-state index in [0.717, 1.165) is 32.1 Å². The average Bonchev–Trinajstić information content (AvgIpc) is 2.76. The number of nitrogens with zero attached hydrogens (tertiary/aromatic N) is 3. The van der Waals surface area contributed by atoms with Crippen LogP contribution in [0.25, 0.3) is 10.9 Å². The zero-order chi connectivity index (χ0) is 21.3. The predicted octanol–water partition coefficient (Wildman–Crippen LogP) is 3.84. The number of carbonyl (C=O) groups excluding carboxylic acids is 1. The van der Waals surface area contributed by atoms with Crippen molar-refractivity contribution < 1.29 is 9.90 Å². The summed E-state index contributed by atoms with van der Waals surface area (Å²) in [7, 11) is 0. The molecule has 1 amide bonds. The molecule has 2 aromatic heterocycles. The van der Waals surface area contributed by atoms with Crippen molar-refractivity contribution in [2.45, 2.75) is 45.6 Å². The number of unbranched alkanes of at least 4 members (excludes halogenated alkanes) is 4. The third-order valence-corrected chi connectivity index (χ3v) is 4.91. The first kappa shape index (κ1) is 21.2. The van der Waals surface area contributed by atoms with Crippen LogP contribution in [0.4, 0.5) is 0 Å². The van der Waals surface area contributed by atoms with Gasteiger partial charge in [0.05, 0.1) is 17.4 Å². The molecule has 0 bridgehead atoms. The van der Waals surface area contributed by atoms with Gasteiger partial charge in [-0.1, -0.05) is 50.8 Å². The SMILES string of the molecule is CCCCCCCn1c(=O)c(C(=O)N/N=C\c2ccccn2)c(O)c2ccccc21. The maximum absolute atomic E-state index is 13.1. The fraction of sp³-hybridized carbons (Fsp3) is 0.304. The number of aromatic hydroxyl groups is 1. The molecule has 7 nitrogen and oxygen atoms in total. The first-order valence-corrected chi connectivity index (χ1v) is 10.2. The predicted molar refractivity (Wildman–Crippen MR) is 118 cm³/mol. The van der Waals surface area contributed by atoms with Gasteiger partial charge in [-0.25, -0.2) is 5.43 Å². The minimum atomic E-state index is -0.754. The lowest BCUT2D eigenvalue weighted by Gasteiger charge is -2.14. The Kier molecular flexibility index (Phi) is 7.32. The molecular formula is C23H26N4O3. The number of carbonyl (C=O) groups is 1. The quantitative estimate of drug-likeness (QED) is 0.321. The largest absolute Gasteiger partial charge is 0.506 e. The molecule has 0 fully saturated rings. The molecule has 0 saturated carbocycles. The number of nitrogens with one attached hydrogen (secondary N) is 1. The van der Waals surface area contributed by atoms with Gasteiger partial charge in [0.15, 0.2) is 0 Å². The van der Waals surface area contributed by atoms with Gasteiger partial charge in [0.1, 0.15) is 11.3 Å². The second-order valence-electron chi connectivity index (χ2n) is 7.07. The van der Waals surface area contributed by atoms with Crippen LogP contribution >= 0.6 is 0 Å². The van der Waals surface area contributed by atoms with Crippen LogP contribution in [0.2, 0.25) is 0 Å². The van der Waals surface area contributed by atoms with E-state index in [1.54, 1.807) is 47.2 Å². The van der Waals surface area contributed by atoms with Gasteiger partial charge in [0.2, 0.25) is 0 Å². The molecule has 30 heavy (non-hydrogen) atoms. The number of benzene rings is 1. The van der Waals surface area contributed by atoms with Gasteiger partial charge in [-0.2, -0.15) is 5.10 Å². The van der Waals surface area contributed by atoms with Crippen LogP contribution in [0, 0.1) is 0 Å². The normalized spacial score (nSPS) is 11.2. The Morgan fingerprint density at radius 3 is 2.67 bits per heavy atom. The van der Waals surface area contributed by atoms with Gasteiger partial charge in [-0.05, 0) is 30.7 Å². The number of fused-ring (bicyclic) bond motifs is 1. The summed E-state index contributed by atoms with van der Waals surface area (Å²) < 4.78 is 1.57. The Bertz CT molecular complexity index is 1090. The number of rotatable bonds is 9. The number of hydrogen-bond acceptors (Lipinski definition) is 5. The highest BCUT2D eigenvalue weighted by molar-refractivity contribution is 6.02. The van der Waals surface area contributed by atoms with E-state index in [-0.39, 0.29) is 11.3 Å². The van der Waals surface area contributed by atoms with Crippen molar-refractivity contribution >= 4 is 23.0 Å². The summed E-state index contributed by atoms with van der Waals surface area (Å²) in [4.78, 5) is 29.8. The minimum absolute atomic E-state index is 0.305. The monoisotopic (exact) mass is 406 g/mol.